The molecule has 2 fully saturated rings. The summed E-state index contributed by atoms with van der Waals surface area (Å²) in [6.07, 6.45) is 13.4. The maximum Gasteiger partial charge on any atom is -0.00179 e. The third-order valence-corrected chi connectivity index (χ3v) is 6.07. The van der Waals surface area contributed by atoms with Crippen LogP contribution in [-0.4, -0.2) is 13.1 Å². The summed E-state index contributed by atoms with van der Waals surface area (Å²) in [6.45, 7) is 9.65. The first-order valence-corrected chi connectivity index (χ1v) is 9.41. The lowest BCUT2D eigenvalue weighted by Crippen LogP contribution is -2.35. The third kappa shape index (κ3) is 4.76. The monoisotopic (exact) mass is 279 g/mol. The van der Waals surface area contributed by atoms with Gasteiger partial charge in [0, 0.05) is 0 Å². The molecule has 0 saturated heterocycles. The van der Waals surface area contributed by atoms with Gasteiger partial charge in [0.1, 0.15) is 0 Å². The van der Waals surface area contributed by atoms with Crippen LogP contribution in [0.15, 0.2) is 0 Å². The highest BCUT2D eigenvalue weighted by Crippen LogP contribution is 2.42. The fourth-order valence-electron chi connectivity index (χ4n) is 4.66. The highest BCUT2D eigenvalue weighted by Gasteiger charge is 2.33. The van der Waals surface area contributed by atoms with Gasteiger partial charge in [-0.15, -0.1) is 0 Å². The van der Waals surface area contributed by atoms with Gasteiger partial charge in [0.05, 0.1) is 0 Å². The molecule has 2 aliphatic carbocycles. The van der Waals surface area contributed by atoms with Crippen LogP contribution in [0.5, 0.6) is 0 Å². The second-order valence-corrected chi connectivity index (χ2v) is 7.93. The molecule has 1 N–H and O–H groups in total. The minimum absolute atomic E-state index is 0.894. The molecule has 0 heterocycles. The number of hydrogen-bond donors (Lipinski definition) is 1. The van der Waals surface area contributed by atoms with E-state index in [9.17, 15) is 0 Å². The van der Waals surface area contributed by atoms with Crippen molar-refractivity contribution >= 4 is 0 Å². The van der Waals surface area contributed by atoms with Gasteiger partial charge >= 0.3 is 0 Å². The highest BCUT2D eigenvalue weighted by atomic mass is 14.9. The van der Waals surface area contributed by atoms with E-state index in [0.717, 1.165) is 29.6 Å². The molecule has 0 aliphatic heterocycles. The lowest BCUT2D eigenvalue weighted by atomic mass is 9.68. The van der Waals surface area contributed by atoms with Crippen LogP contribution in [0.1, 0.15) is 78.6 Å². The van der Waals surface area contributed by atoms with Gasteiger partial charge in [-0.1, -0.05) is 46.5 Å². The summed E-state index contributed by atoms with van der Waals surface area (Å²) in [7, 11) is 0. The van der Waals surface area contributed by atoms with Crippen LogP contribution < -0.4 is 5.32 Å². The molecule has 0 aromatic carbocycles. The maximum absolute atomic E-state index is 3.70. The Kier molecular flexibility index (Phi) is 6.87. The quantitative estimate of drug-likeness (QED) is 0.627. The van der Waals surface area contributed by atoms with Crippen LogP contribution in [0.3, 0.4) is 0 Å². The van der Waals surface area contributed by atoms with Crippen LogP contribution in [0.4, 0.5) is 0 Å². The summed E-state index contributed by atoms with van der Waals surface area (Å²) in [5, 5.41) is 3.70. The lowest BCUT2D eigenvalue weighted by Gasteiger charge is -2.39. The zero-order valence-electron chi connectivity index (χ0n) is 14.2. The van der Waals surface area contributed by atoms with Gasteiger partial charge in [-0.3, -0.25) is 0 Å². The van der Waals surface area contributed by atoms with E-state index in [2.05, 4.69) is 26.1 Å². The maximum atomic E-state index is 3.70. The van der Waals surface area contributed by atoms with Gasteiger partial charge in [0.2, 0.25) is 0 Å². The van der Waals surface area contributed by atoms with Crippen LogP contribution in [-0.2, 0) is 0 Å². The summed E-state index contributed by atoms with van der Waals surface area (Å²) in [4.78, 5) is 0. The van der Waals surface area contributed by atoms with E-state index < -0.39 is 0 Å². The molecule has 2 saturated carbocycles. The Morgan fingerprint density at radius 2 is 1.75 bits per heavy atom. The van der Waals surface area contributed by atoms with Crippen molar-refractivity contribution in [1.82, 2.24) is 5.32 Å². The van der Waals surface area contributed by atoms with Gasteiger partial charge in [-0.2, -0.15) is 0 Å². The van der Waals surface area contributed by atoms with E-state index >= 15 is 0 Å². The lowest BCUT2D eigenvalue weighted by molar-refractivity contribution is 0.123. The van der Waals surface area contributed by atoms with Crippen LogP contribution in [0.25, 0.3) is 0 Å². The molecule has 1 nitrogen and oxygen atoms in total. The van der Waals surface area contributed by atoms with Crippen molar-refractivity contribution in [3.63, 3.8) is 0 Å². The zero-order valence-corrected chi connectivity index (χ0v) is 14.2. The van der Waals surface area contributed by atoms with Crippen LogP contribution in [0.2, 0.25) is 0 Å². The molecule has 0 bridgehead atoms. The second kappa shape index (κ2) is 8.41. The van der Waals surface area contributed by atoms with Gasteiger partial charge in [0.15, 0.2) is 0 Å². The summed E-state index contributed by atoms with van der Waals surface area (Å²) in [5.74, 6) is 4.95. The zero-order chi connectivity index (χ0) is 14.4. The Bertz CT molecular complexity index is 252. The fraction of sp³-hybridized carbons (Fsp3) is 1.00. The molecule has 20 heavy (non-hydrogen) atoms. The summed E-state index contributed by atoms with van der Waals surface area (Å²) in [5.41, 5.74) is 0. The first-order chi connectivity index (χ1) is 9.70. The Morgan fingerprint density at radius 1 is 1.00 bits per heavy atom. The highest BCUT2D eigenvalue weighted by molar-refractivity contribution is 4.85. The Balaban J connectivity index is 1.86. The minimum atomic E-state index is 0.894. The van der Waals surface area contributed by atoms with Gasteiger partial charge in [-0.05, 0) is 74.8 Å². The van der Waals surface area contributed by atoms with E-state index in [1.165, 1.54) is 64.5 Å². The molecule has 0 aromatic heterocycles. The van der Waals surface area contributed by atoms with Crippen molar-refractivity contribution in [2.75, 3.05) is 13.1 Å². The summed E-state index contributed by atoms with van der Waals surface area (Å²) < 4.78 is 0. The number of hydrogen-bond acceptors (Lipinski definition) is 1. The predicted molar refractivity (Wildman–Crippen MR) is 88.9 cm³/mol. The molecule has 0 aromatic rings. The van der Waals surface area contributed by atoms with Gasteiger partial charge in [-0.25, -0.2) is 0 Å². The molecular weight excluding hydrogens is 242 g/mol. The molecule has 3 unspecified atom stereocenters. The first-order valence-electron chi connectivity index (χ1n) is 9.41. The van der Waals surface area contributed by atoms with E-state index in [4.69, 9.17) is 0 Å². The summed E-state index contributed by atoms with van der Waals surface area (Å²) >= 11 is 0. The summed E-state index contributed by atoms with van der Waals surface area (Å²) in [6, 6.07) is 0. The molecule has 0 amide bonds. The molecule has 118 valence electrons. The standard InChI is InChI=1S/C19H37N/c1-4-11-20-14-18-10-9-17(15(2)3)13-19(18)12-16-7-5-6-8-16/h15-20H,4-14H2,1-3H3. The molecule has 1 heteroatoms. The number of nitrogens with one attached hydrogen (secondary N) is 1. The van der Waals surface area contributed by atoms with E-state index in [-0.39, 0.29) is 0 Å². The third-order valence-electron chi connectivity index (χ3n) is 6.07. The van der Waals surface area contributed by atoms with Crippen molar-refractivity contribution in [2.45, 2.75) is 78.6 Å². The van der Waals surface area contributed by atoms with Crippen LogP contribution >= 0.6 is 0 Å². The fourth-order valence-corrected chi connectivity index (χ4v) is 4.66. The van der Waals surface area contributed by atoms with Crippen molar-refractivity contribution < 1.29 is 0 Å². The van der Waals surface area contributed by atoms with Crippen molar-refractivity contribution in [1.29, 1.82) is 0 Å². The molecule has 2 aliphatic rings. The van der Waals surface area contributed by atoms with Crippen molar-refractivity contribution in [3.05, 3.63) is 0 Å². The van der Waals surface area contributed by atoms with Crippen molar-refractivity contribution in [3.8, 4) is 0 Å². The minimum Gasteiger partial charge on any atom is -0.316 e. The SMILES string of the molecule is CCCNCC1CCC(C(C)C)CC1CC1CCCC1. The largest absolute Gasteiger partial charge is 0.316 e. The molecule has 2 rings (SSSR count). The Morgan fingerprint density at radius 3 is 2.40 bits per heavy atom. The second-order valence-electron chi connectivity index (χ2n) is 7.93. The normalized spacial score (nSPS) is 32.1. The molecule has 0 spiro atoms. The first kappa shape index (κ1) is 16.3. The topological polar surface area (TPSA) is 12.0 Å². The molecular formula is C19H37N. The molecule has 0 radical (unpaired) electrons. The van der Waals surface area contributed by atoms with E-state index in [0.29, 0.717) is 0 Å². The van der Waals surface area contributed by atoms with Gasteiger partial charge < -0.3 is 5.32 Å². The predicted octanol–water partition coefficient (Wildman–Crippen LogP) is 5.25. The molecule has 3 atom stereocenters. The van der Waals surface area contributed by atoms with Crippen molar-refractivity contribution in [2.24, 2.45) is 29.6 Å². The smallest absolute Gasteiger partial charge is 0.00179 e. The average molecular weight is 280 g/mol. The Labute approximate surface area is 127 Å². The Hall–Kier alpha value is -0.0400. The van der Waals surface area contributed by atoms with Gasteiger partial charge in [0.25, 0.3) is 0 Å². The average Bonchev–Trinajstić information content (AvgIpc) is 2.93. The van der Waals surface area contributed by atoms with E-state index in [1.807, 2.05) is 0 Å². The van der Waals surface area contributed by atoms with E-state index in [1.54, 1.807) is 6.42 Å². The number of rotatable bonds is 7. The van der Waals surface area contributed by atoms with Crippen LogP contribution in [0, 0.1) is 29.6 Å².